The van der Waals surface area contributed by atoms with E-state index in [1.807, 2.05) is 43.3 Å². The summed E-state index contributed by atoms with van der Waals surface area (Å²) in [5, 5.41) is 14.4. The monoisotopic (exact) mass is 548 g/mol. The van der Waals surface area contributed by atoms with Crippen molar-refractivity contribution in [1.29, 1.82) is 0 Å². The van der Waals surface area contributed by atoms with E-state index >= 15 is 0 Å². The molecule has 2 aliphatic rings. The Morgan fingerprint density at radius 2 is 1.80 bits per heavy atom. The summed E-state index contributed by atoms with van der Waals surface area (Å²) in [6.45, 7) is 5.26. The van der Waals surface area contributed by atoms with E-state index in [4.69, 9.17) is 4.99 Å². The highest BCUT2D eigenvalue weighted by molar-refractivity contribution is 6.24. The molecular weight excluding hydrogens is 516 g/mol. The van der Waals surface area contributed by atoms with Crippen LogP contribution in [-0.4, -0.2) is 51.0 Å². The number of piperidine rings is 1. The smallest absolute Gasteiger partial charge is 0.269 e. The minimum Gasteiger partial charge on any atom is -0.342 e. The predicted molar refractivity (Wildman–Crippen MR) is 160 cm³/mol. The fourth-order valence-corrected chi connectivity index (χ4v) is 5.66. The summed E-state index contributed by atoms with van der Waals surface area (Å²) in [5.74, 6) is -0.194. The number of nitro groups is 1. The third kappa shape index (κ3) is 5.81. The van der Waals surface area contributed by atoms with Crippen molar-refractivity contribution < 1.29 is 9.72 Å². The van der Waals surface area contributed by atoms with Crippen molar-refractivity contribution in [1.82, 2.24) is 14.9 Å². The van der Waals surface area contributed by atoms with Gasteiger partial charge in [0.15, 0.2) is 0 Å². The van der Waals surface area contributed by atoms with Crippen LogP contribution in [0.4, 0.5) is 17.1 Å². The van der Waals surface area contributed by atoms with Gasteiger partial charge in [-0.15, -0.1) is 0 Å². The van der Waals surface area contributed by atoms with Gasteiger partial charge >= 0.3 is 0 Å². The fraction of sp³-hybridized carbons (Fsp3) is 0.281. The largest absolute Gasteiger partial charge is 0.342 e. The maximum atomic E-state index is 13.3. The van der Waals surface area contributed by atoms with Crippen LogP contribution in [0.5, 0.6) is 0 Å². The molecule has 1 atom stereocenters. The number of non-ortho nitro benzene ring substituents is 1. The molecule has 208 valence electrons. The molecule has 3 heterocycles. The second-order valence-corrected chi connectivity index (χ2v) is 10.7. The Morgan fingerprint density at radius 3 is 2.49 bits per heavy atom. The Morgan fingerprint density at radius 1 is 1.05 bits per heavy atom. The topological polar surface area (TPSA) is 117 Å². The average Bonchev–Trinajstić information content (AvgIpc) is 3.57. The normalized spacial score (nSPS) is 17.3. The summed E-state index contributed by atoms with van der Waals surface area (Å²) in [5.41, 5.74) is 6.22. The molecule has 0 spiro atoms. The van der Waals surface area contributed by atoms with Crippen LogP contribution < -0.4 is 5.32 Å². The minimum atomic E-state index is -0.779. The molecule has 1 fully saturated rings. The summed E-state index contributed by atoms with van der Waals surface area (Å²) in [6, 6.07) is 20.4. The van der Waals surface area contributed by atoms with Gasteiger partial charge in [-0.25, -0.2) is 4.98 Å². The van der Waals surface area contributed by atoms with Gasteiger partial charge in [-0.2, -0.15) is 0 Å². The number of anilines is 1. The molecule has 6 rings (SSSR count). The second-order valence-electron chi connectivity index (χ2n) is 10.7. The van der Waals surface area contributed by atoms with Crippen LogP contribution in [0.3, 0.4) is 0 Å². The van der Waals surface area contributed by atoms with Crippen LogP contribution >= 0.6 is 0 Å². The molecule has 0 aliphatic carbocycles. The van der Waals surface area contributed by atoms with E-state index in [1.54, 1.807) is 12.3 Å². The lowest BCUT2D eigenvalue weighted by Gasteiger charge is -2.26. The first kappa shape index (κ1) is 26.6. The lowest BCUT2D eigenvalue weighted by molar-refractivity contribution is -0.384. The number of nitrogens with one attached hydrogen (secondary N) is 2. The number of fused-ring (bicyclic) bond motifs is 1. The third-order valence-corrected chi connectivity index (χ3v) is 7.90. The number of nitro benzene ring substituents is 1. The highest BCUT2D eigenvalue weighted by Gasteiger charge is 2.36. The van der Waals surface area contributed by atoms with Gasteiger partial charge in [-0.1, -0.05) is 42.8 Å². The number of rotatable bonds is 8. The van der Waals surface area contributed by atoms with Crippen LogP contribution in [0.2, 0.25) is 0 Å². The maximum absolute atomic E-state index is 13.3. The van der Waals surface area contributed by atoms with E-state index in [-0.39, 0.29) is 11.6 Å². The molecule has 1 saturated heterocycles. The number of benzene rings is 3. The number of aromatic nitrogens is 2. The molecule has 1 aromatic heterocycles. The van der Waals surface area contributed by atoms with E-state index in [9.17, 15) is 14.9 Å². The first-order chi connectivity index (χ1) is 19.9. The fourth-order valence-electron chi connectivity index (χ4n) is 5.66. The van der Waals surface area contributed by atoms with Crippen LogP contribution in [-0.2, 0) is 11.2 Å². The van der Waals surface area contributed by atoms with Crippen LogP contribution in [0.1, 0.15) is 47.7 Å². The zero-order chi connectivity index (χ0) is 28.3. The lowest BCUT2D eigenvalue weighted by Crippen LogP contribution is -2.31. The molecule has 4 aromatic rings. The summed E-state index contributed by atoms with van der Waals surface area (Å²) in [7, 11) is 0. The van der Waals surface area contributed by atoms with Crippen LogP contribution in [0.15, 0.2) is 77.9 Å². The molecular formula is C32H32N6O3. The number of H-pyrrole nitrogens is 1. The molecule has 2 aliphatic heterocycles. The van der Waals surface area contributed by atoms with Gasteiger partial charge in [0.05, 0.1) is 28.2 Å². The molecule has 3 aromatic carbocycles. The first-order valence-electron chi connectivity index (χ1n) is 14.1. The number of likely N-dealkylation sites (tertiary alicyclic amines) is 1. The number of carbonyl (C=O) groups is 1. The van der Waals surface area contributed by atoms with E-state index < -0.39 is 10.8 Å². The van der Waals surface area contributed by atoms with E-state index in [0.29, 0.717) is 22.6 Å². The quantitative estimate of drug-likeness (QED) is 0.155. The zero-order valence-electron chi connectivity index (χ0n) is 23.0. The van der Waals surface area contributed by atoms with Crippen molar-refractivity contribution in [2.75, 3.05) is 25.0 Å². The molecule has 41 heavy (non-hydrogen) atoms. The van der Waals surface area contributed by atoms with Crippen molar-refractivity contribution in [3.63, 3.8) is 0 Å². The standard InChI is InChI=1S/C32H32N6O3/c1-21-33-20-29(34-21)23-9-11-25(12-10-23)35-31(30-27-19-26(38(40)41)13-14-28(27)36-32(30)39)24-7-5-22(6-8-24)15-18-37-16-3-2-4-17-37/h5-14,19-20,30H,2-4,15-18H2,1H3,(H,33,34)(H,36,39). The van der Waals surface area contributed by atoms with Crippen molar-refractivity contribution in [3.8, 4) is 11.3 Å². The number of amides is 1. The van der Waals surface area contributed by atoms with Crippen molar-refractivity contribution >= 4 is 28.7 Å². The van der Waals surface area contributed by atoms with Gasteiger partial charge in [0.25, 0.3) is 5.69 Å². The molecule has 9 nitrogen and oxygen atoms in total. The number of aromatic amines is 1. The average molecular weight is 549 g/mol. The third-order valence-electron chi connectivity index (χ3n) is 7.90. The lowest BCUT2D eigenvalue weighted by atomic mass is 9.90. The predicted octanol–water partition coefficient (Wildman–Crippen LogP) is 6.18. The first-order valence-corrected chi connectivity index (χ1v) is 14.1. The van der Waals surface area contributed by atoms with Gasteiger partial charge in [0, 0.05) is 29.9 Å². The molecule has 9 heteroatoms. The molecule has 0 saturated carbocycles. The number of aliphatic imine (C=N–C) groups is 1. The minimum absolute atomic E-state index is 0.0585. The molecule has 0 radical (unpaired) electrons. The maximum Gasteiger partial charge on any atom is 0.269 e. The summed E-state index contributed by atoms with van der Waals surface area (Å²) >= 11 is 0. The number of nitrogens with zero attached hydrogens (tertiary/aromatic N) is 4. The van der Waals surface area contributed by atoms with E-state index in [0.717, 1.165) is 48.7 Å². The Balaban J connectivity index is 1.34. The summed E-state index contributed by atoms with van der Waals surface area (Å²) in [4.78, 5) is 39.4. The summed E-state index contributed by atoms with van der Waals surface area (Å²) in [6.07, 6.45) is 6.60. The van der Waals surface area contributed by atoms with E-state index in [2.05, 4.69) is 32.3 Å². The molecule has 0 bridgehead atoms. The molecule has 2 N–H and O–H groups in total. The number of aryl methyl sites for hydroxylation is 1. The molecule has 1 unspecified atom stereocenters. The SMILES string of the molecule is Cc1ncc(-c2ccc(N=C(c3ccc(CCN4CCCCC4)cc3)C3C(=O)Nc4ccc([N+](=O)[O-])cc43)cc2)[nH]1. The van der Waals surface area contributed by atoms with Gasteiger partial charge in [0.2, 0.25) is 5.91 Å². The van der Waals surface area contributed by atoms with Gasteiger partial charge < -0.3 is 15.2 Å². The Labute approximate surface area is 238 Å². The van der Waals surface area contributed by atoms with Gasteiger partial charge in [-0.3, -0.25) is 19.9 Å². The zero-order valence-corrected chi connectivity index (χ0v) is 23.0. The number of imidazole rings is 1. The van der Waals surface area contributed by atoms with Gasteiger partial charge in [-0.05, 0) is 74.2 Å². The Hall–Kier alpha value is -4.63. The van der Waals surface area contributed by atoms with Crippen molar-refractivity contribution in [3.05, 3.63) is 106 Å². The van der Waals surface area contributed by atoms with E-state index in [1.165, 1.54) is 37.0 Å². The number of hydrogen-bond donors (Lipinski definition) is 2. The highest BCUT2D eigenvalue weighted by Crippen LogP contribution is 2.38. The molecule has 1 amide bonds. The second kappa shape index (κ2) is 11.5. The van der Waals surface area contributed by atoms with Crippen molar-refractivity contribution in [2.45, 2.75) is 38.5 Å². The Kier molecular flexibility index (Phi) is 7.43. The van der Waals surface area contributed by atoms with Crippen LogP contribution in [0, 0.1) is 17.0 Å². The highest BCUT2D eigenvalue weighted by atomic mass is 16.6. The van der Waals surface area contributed by atoms with Crippen molar-refractivity contribution in [2.24, 2.45) is 4.99 Å². The van der Waals surface area contributed by atoms with Crippen LogP contribution in [0.25, 0.3) is 11.3 Å². The number of carbonyl (C=O) groups excluding carboxylic acids is 1. The summed E-state index contributed by atoms with van der Waals surface area (Å²) < 4.78 is 0. The Bertz CT molecular complexity index is 1600. The number of hydrogen-bond acceptors (Lipinski definition) is 6. The van der Waals surface area contributed by atoms with Gasteiger partial charge in [0.1, 0.15) is 11.7 Å².